The average molecular weight is 470 g/mol. The van der Waals surface area contributed by atoms with Gasteiger partial charge < -0.3 is 10.4 Å². The fraction of sp³-hybridized carbons (Fsp3) is 0.222. The van der Waals surface area contributed by atoms with Gasteiger partial charge in [-0.25, -0.2) is 4.79 Å². The van der Waals surface area contributed by atoms with Crippen LogP contribution in [0.25, 0.3) is 22.5 Å². The molecular weight excluding hydrogens is 442 g/mol. The number of hydrogen-bond acceptors (Lipinski definition) is 5. The summed E-state index contributed by atoms with van der Waals surface area (Å²) in [4.78, 5) is 24.5. The van der Waals surface area contributed by atoms with Crippen LogP contribution in [0.2, 0.25) is 0 Å². The van der Waals surface area contributed by atoms with Gasteiger partial charge in [0.2, 0.25) is 11.7 Å². The number of nitrogens with zero attached hydrogens (tertiary/aromatic N) is 3. The van der Waals surface area contributed by atoms with Crippen molar-refractivity contribution in [3.63, 3.8) is 0 Å². The van der Waals surface area contributed by atoms with Crippen LogP contribution in [0.4, 0.5) is 0 Å². The molecule has 4 rings (SSSR count). The fourth-order valence-corrected chi connectivity index (χ4v) is 4.19. The monoisotopic (exact) mass is 469 g/mol. The zero-order chi connectivity index (χ0) is 24.6. The normalized spacial score (nSPS) is 11.7. The van der Waals surface area contributed by atoms with E-state index in [0.717, 1.165) is 28.7 Å². The molecule has 1 atom stereocenters. The fourth-order valence-electron chi connectivity index (χ4n) is 4.19. The Morgan fingerprint density at radius 1 is 0.971 bits per heavy atom. The molecule has 0 aliphatic carbocycles. The molecule has 3 aromatic carbocycles. The van der Waals surface area contributed by atoms with Gasteiger partial charge >= 0.3 is 5.97 Å². The highest BCUT2D eigenvalue weighted by Gasteiger charge is 2.21. The summed E-state index contributed by atoms with van der Waals surface area (Å²) in [6, 6.07) is 22.7. The first-order valence-electron chi connectivity index (χ1n) is 11.6. The summed E-state index contributed by atoms with van der Waals surface area (Å²) < 4.78 is 0. The molecule has 0 spiro atoms. The van der Waals surface area contributed by atoms with E-state index in [-0.39, 0.29) is 17.4 Å². The van der Waals surface area contributed by atoms with Crippen molar-refractivity contribution in [2.24, 2.45) is 5.92 Å². The molecule has 1 aromatic heterocycles. The SMILES string of the molecule is CCCC(Cc1ccccc1C(=O)O)C(=O)NCc1ccc(-c2ccccc2-c2nn[nH]n2)cc1. The van der Waals surface area contributed by atoms with Gasteiger partial charge in [-0.1, -0.05) is 80.1 Å². The van der Waals surface area contributed by atoms with Gasteiger partial charge in [0.1, 0.15) is 0 Å². The number of carboxylic acid groups (broad SMARTS) is 1. The number of aromatic carboxylic acids is 1. The summed E-state index contributed by atoms with van der Waals surface area (Å²) in [5.74, 6) is -0.805. The Kier molecular flexibility index (Phi) is 7.62. The molecule has 8 heteroatoms. The highest BCUT2D eigenvalue weighted by atomic mass is 16.4. The van der Waals surface area contributed by atoms with Crippen LogP contribution in [0.1, 0.15) is 41.3 Å². The van der Waals surface area contributed by atoms with Crippen molar-refractivity contribution < 1.29 is 14.7 Å². The zero-order valence-electron chi connectivity index (χ0n) is 19.4. The number of carboxylic acids is 1. The first-order valence-corrected chi connectivity index (χ1v) is 11.6. The Morgan fingerprint density at radius 2 is 1.69 bits per heavy atom. The Hall–Kier alpha value is -4.33. The van der Waals surface area contributed by atoms with Gasteiger partial charge in [-0.15, -0.1) is 10.2 Å². The number of H-pyrrole nitrogens is 1. The quantitative estimate of drug-likeness (QED) is 0.314. The summed E-state index contributed by atoms with van der Waals surface area (Å²) in [5, 5.41) is 26.8. The summed E-state index contributed by atoms with van der Waals surface area (Å²) >= 11 is 0. The van der Waals surface area contributed by atoms with Gasteiger partial charge in [0.15, 0.2) is 0 Å². The van der Waals surface area contributed by atoms with Crippen molar-refractivity contribution in [2.75, 3.05) is 0 Å². The lowest BCUT2D eigenvalue weighted by molar-refractivity contribution is -0.125. The first kappa shape index (κ1) is 23.8. The Labute approximate surface area is 203 Å². The van der Waals surface area contributed by atoms with Crippen molar-refractivity contribution in [3.05, 3.63) is 89.5 Å². The predicted octanol–water partition coefficient (Wildman–Crippen LogP) is 4.51. The molecule has 0 saturated carbocycles. The predicted molar refractivity (Wildman–Crippen MR) is 132 cm³/mol. The second kappa shape index (κ2) is 11.2. The van der Waals surface area contributed by atoms with Gasteiger partial charge in [-0.2, -0.15) is 5.21 Å². The molecule has 0 saturated heterocycles. The van der Waals surface area contributed by atoms with Gasteiger partial charge in [-0.05, 0) is 46.4 Å². The van der Waals surface area contributed by atoms with Crippen LogP contribution in [0, 0.1) is 5.92 Å². The largest absolute Gasteiger partial charge is 0.478 e. The number of nitrogens with one attached hydrogen (secondary N) is 2. The maximum Gasteiger partial charge on any atom is 0.335 e. The molecule has 35 heavy (non-hydrogen) atoms. The lowest BCUT2D eigenvalue weighted by Crippen LogP contribution is -2.31. The van der Waals surface area contributed by atoms with Crippen molar-refractivity contribution in [1.29, 1.82) is 0 Å². The standard InChI is InChI=1S/C27H27N5O3/c1-2-7-21(16-20-8-3-4-10-23(20)27(34)35)26(33)28-17-18-12-14-19(15-13-18)22-9-5-6-11-24(22)25-29-31-32-30-25/h3-6,8-15,21H,2,7,16-17H2,1H3,(H,28,33)(H,34,35)(H,29,30,31,32). The molecule has 3 N–H and O–H groups in total. The molecule has 0 bridgehead atoms. The van der Waals surface area contributed by atoms with Gasteiger partial charge in [0.05, 0.1) is 5.56 Å². The van der Waals surface area contributed by atoms with Crippen LogP contribution >= 0.6 is 0 Å². The maximum atomic E-state index is 13.0. The zero-order valence-corrected chi connectivity index (χ0v) is 19.4. The molecule has 0 radical (unpaired) electrons. The molecule has 0 fully saturated rings. The van der Waals surface area contributed by atoms with E-state index in [1.54, 1.807) is 24.3 Å². The summed E-state index contributed by atoms with van der Waals surface area (Å²) in [6.07, 6.45) is 1.92. The van der Waals surface area contributed by atoms with Crippen LogP contribution in [0.15, 0.2) is 72.8 Å². The van der Waals surface area contributed by atoms with Gasteiger partial charge in [0, 0.05) is 18.0 Å². The third kappa shape index (κ3) is 5.78. The maximum absolute atomic E-state index is 13.0. The highest BCUT2D eigenvalue weighted by molar-refractivity contribution is 5.89. The third-order valence-electron chi connectivity index (χ3n) is 5.97. The Bertz CT molecular complexity index is 1290. The Balaban J connectivity index is 1.43. The highest BCUT2D eigenvalue weighted by Crippen LogP contribution is 2.29. The van der Waals surface area contributed by atoms with E-state index < -0.39 is 5.97 Å². The first-order chi connectivity index (χ1) is 17.1. The lowest BCUT2D eigenvalue weighted by atomic mass is 9.91. The van der Waals surface area contributed by atoms with Crippen LogP contribution < -0.4 is 5.32 Å². The second-order valence-electron chi connectivity index (χ2n) is 8.35. The van der Waals surface area contributed by atoms with Crippen molar-refractivity contribution in [2.45, 2.75) is 32.7 Å². The number of rotatable bonds is 10. The third-order valence-corrected chi connectivity index (χ3v) is 5.97. The Morgan fingerprint density at radius 3 is 2.37 bits per heavy atom. The van der Waals surface area contributed by atoms with Gasteiger partial charge in [0.25, 0.3) is 0 Å². The number of hydrogen-bond donors (Lipinski definition) is 3. The van der Waals surface area contributed by atoms with E-state index in [2.05, 4.69) is 25.9 Å². The topological polar surface area (TPSA) is 121 Å². The van der Waals surface area contributed by atoms with Crippen molar-refractivity contribution in [1.82, 2.24) is 25.9 Å². The van der Waals surface area contributed by atoms with Crippen LogP contribution in [0.5, 0.6) is 0 Å². The number of tetrazole rings is 1. The molecular formula is C27H27N5O3. The number of carbonyl (C=O) groups is 2. The number of carbonyl (C=O) groups excluding carboxylic acids is 1. The molecule has 0 aliphatic rings. The van der Waals surface area contributed by atoms with Crippen LogP contribution in [-0.2, 0) is 17.8 Å². The molecule has 8 nitrogen and oxygen atoms in total. The molecule has 1 unspecified atom stereocenters. The molecule has 0 aliphatic heterocycles. The van der Waals surface area contributed by atoms with Crippen molar-refractivity contribution in [3.8, 4) is 22.5 Å². The number of benzene rings is 3. The minimum Gasteiger partial charge on any atom is -0.478 e. The number of amides is 1. The minimum absolute atomic E-state index is 0.0708. The van der Waals surface area contributed by atoms with Gasteiger partial charge in [-0.3, -0.25) is 4.79 Å². The van der Waals surface area contributed by atoms with E-state index >= 15 is 0 Å². The van der Waals surface area contributed by atoms with E-state index in [0.29, 0.717) is 30.8 Å². The van der Waals surface area contributed by atoms with E-state index in [1.807, 2.05) is 55.5 Å². The molecule has 1 amide bonds. The average Bonchev–Trinajstić information content (AvgIpc) is 3.42. The van der Waals surface area contributed by atoms with Crippen LogP contribution in [0.3, 0.4) is 0 Å². The number of aromatic nitrogens is 4. The summed E-state index contributed by atoms with van der Waals surface area (Å²) in [5.41, 5.74) is 4.78. The van der Waals surface area contributed by atoms with E-state index in [1.165, 1.54) is 0 Å². The number of aromatic amines is 1. The van der Waals surface area contributed by atoms with Crippen molar-refractivity contribution >= 4 is 11.9 Å². The van der Waals surface area contributed by atoms with E-state index in [9.17, 15) is 14.7 Å². The summed E-state index contributed by atoms with van der Waals surface area (Å²) in [6.45, 7) is 2.42. The lowest BCUT2D eigenvalue weighted by Gasteiger charge is -2.17. The summed E-state index contributed by atoms with van der Waals surface area (Å²) in [7, 11) is 0. The molecule has 1 heterocycles. The smallest absolute Gasteiger partial charge is 0.335 e. The molecule has 4 aromatic rings. The van der Waals surface area contributed by atoms with E-state index in [4.69, 9.17) is 0 Å². The van der Waals surface area contributed by atoms with Crippen LogP contribution in [-0.4, -0.2) is 37.6 Å². The minimum atomic E-state index is -0.975. The molecule has 178 valence electrons. The second-order valence-corrected chi connectivity index (χ2v) is 8.35.